The first kappa shape index (κ1) is 19.0. The molecule has 0 spiro atoms. The molecule has 0 aliphatic rings. The van der Waals surface area contributed by atoms with Gasteiger partial charge >= 0.3 is 6.03 Å². The second-order valence-corrected chi connectivity index (χ2v) is 6.59. The van der Waals surface area contributed by atoms with Gasteiger partial charge in [0.1, 0.15) is 0 Å². The topological polar surface area (TPSA) is 41.1 Å². The summed E-state index contributed by atoms with van der Waals surface area (Å²) in [4.78, 5) is 12.3. The van der Waals surface area contributed by atoms with Crippen molar-refractivity contribution < 1.29 is 4.79 Å². The molecule has 0 aliphatic carbocycles. The lowest BCUT2D eigenvalue weighted by atomic mass is 9.95. The van der Waals surface area contributed by atoms with E-state index < -0.39 is 0 Å². The van der Waals surface area contributed by atoms with E-state index in [1.807, 2.05) is 24.3 Å². The Bertz CT molecular complexity index is 661. The van der Waals surface area contributed by atoms with Crippen molar-refractivity contribution in [3.63, 3.8) is 0 Å². The lowest BCUT2D eigenvalue weighted by Gasteiger charge is -2.19. The number of anilines is 1. The molecular formula is C22H30N2O. The van der Waals surface area contributed by atoms with Crippen molar-refractivity contribution in [2.75, 3.05) is 5.32 Å². The minimum atomic E-state index is -0.165. The highest BCUT2D eigenvalue weighted by Gasteiger charge is 2.13. The van der Waals surface area contributed by atoms with Crippen molar-refractivity contribution in [1.82, 2.24) is 5.32 Å². The summed E-state index contributed by atoms with van der Waals surface area (Å²) in [6.45, 7) is 8.64. The van der Waals surface area contributed by atoms with Gasteiger partial charge in [0.2, 0.25) is 0 Å². The first-order valence-electron chi connectivity index (χ1n) is 9.33. The normalized spacial score (nSPS) is 13.1. The molecule has 0 saturated carbocycles. The van der Waals surface area contributed by atoms with Crippen LogP contribution < -0.4 is 10.6 Å². The van der Waals surface area contributed by atoms with E-state index in [0.29, 0.717) is 5.92 Å². The Morgan fingerprint density at radius 2 is 1.48 bits per heavy atom. The first-order chi connectivity index (χ1) is 12.1. The Kier molecular flexibility index (Phi) is 7.05. The van der Waals surface area contributed by atoms with Gasteiger partial charge in [-0.25, -0.2) is 4.79 Å². The number of amides is 2. The predicted octanol–water partition coefficient (Wildman–Crippen LogP) is 6.04. The summed E-state index contributed by atoms with van der Waals surface area (Å²) in [5.41, 5.74) is 4.57. The Hall–Kier alpha value is -2.29. The van der Waals surface area contributed by atoms with Crippen LogP contribution in [0.4, 0.5) is 10.5 Å². The summed E-state index contributed by atoms with van der Waals surface area (Å²) >= 11 is 0. The van der Waals surface area contributed by atoms with Crippen molar-refractivity contribution >= 4 is 11.7 Å². The highest BCUT2D eigenvalue weighted by Crippen LogP contribution is 2.23. The maximum absolute atomic E-state index is 12.3. The average molecular weight is 338 g/mol. The van der Waals surface area contributed by atoms with Gasteiger partial charge in [-0.3, -0.25) is 0 Å². The molecule has 2 amide bonds. The fourth-order valence-electron chi connectivity index (χ4n) is 2.86. The number of carbonyl (C=O) groups is 1. The lowest BCUT2D eigenvalue weighted by Crippen LogP contribution is -2.32. The zero-order valence-corrected chi connectivity index (χ0v) is 15.8. The smallest absolute Gasteiger partial charge is 0.319 e. The monoisotopic (exact) mass is 338 g/mol. The van der Waals surface area contributed by atoms with E-state index in [-0.39, 0.29) is 12.1 Å². The number of rotatable bonds is 7. The Morgan fingerprint density at radius 3 is 2.00 bits per heavy atom. The summed E-state index contributed by atoms with van der Waals surface area (Å²) in [6, 6.07) is 16.4. The second kappa shape index (κ2) is 9.26. The second-order valence-electron chi connectivity index (χ2n) is 6.59. The van der Waals surface area contributed by atoms with Crippen molar-refractivity contribution in [2.24, 2.45) is 0 Å². The molecule has 134 valence electrons. The lowest BCUT2D eigenvalue weighted by molar-refractivity contribution is 0.248. The Morgan fingerprint density at radius 1 is 0.880 bits per heavy atom. The van der Waals surface area contributed by atoms with E-state index in [2.05, 4.69) is 62.6 Å². The Labute approximate surface area is 151 Å². The molecule has 0 saturated heterocycles. The molecular weight excluding hydrogens is 308 g/mol. The maximum atomic E-state index is 12.3. The number of nitrogens with one attached hydrogen (secondary N) is 2. The summed E-state index contributed by atoms with van der Waals surface area (Å²) in [7, 11) is 0. The molecule has 2 N–H and O–H groups in total. The maximum Gasteiger partial charge on any atom is 0.319 e. The Balaban J connectivity index is 1.99. The van der Waals surface area contributed by atoms with Crippen molar-refractivity contribution in [3.05, 3.63) is 65.2 Å². The van der Waals surface area contributed by atoms with Gasteiger partial charge in [0, 0.05) is 5.69 Å². The van der Waals surface area contributed by atoms with Crippen LogP contribution >= 0.6 is 0 Å². The fraction of sp³-hybridized carbons (Fsp3) is 0.409. The quantitative estimate of drug-likeness (QED) is 0.635. The van der Waals surface area contributed by atoms with E-state index in [0.717, 1.165) is 30.5 Å². The average Bonchev–Trinajstić information content (AvgIpc) is 2.66. The van der Waals surface area contributed by atoms with Gasteiger partial charge in [-0.05, 0) is 54.0 Å². The summed E-state index contributed by atoms with van der Waals surface area (Å²) in [5, 5.41) is 5.99. The molecule has 0 heterocycles. The van der Waals surface area contributed by atoms with Gasteiger partial charge in [-0.15, -0.1) is 0 Å². The fourth-order valence-corrected chi connectivity index (χ4v) is 2.86. The summed E-state index contributed by atoms with van der Waals surface area (Å²) in [5.74, 6) is 0.566. The molecule has 0 aliphatic heterocycles. The van der Waals surface area contributed by atoms with Crippen LogP contribution in [0.1, 0.15) is 69.2 Å². The molecule has 0 bridgehead atoms. The SMILES string of the molecule is CCc1ccc(NC(=O)N[C@H](CC)c2ccc([C@H](C)CC)cc2)cc1. The first-order valence-corrected chi connectivity index (χ1v) is 9.33. The van der Waals surface area contributed by atoms with Gasteiger partial charge in [0.25, 0.3) is 0 Å². The zero-order chi connectivity index (χ0) is 18.2. The number of hydrogen-bond acceptors (Lipinski definition) is 1. The van der Waals surface area contributed by atoms with Crippen LogP contribution in [-0.4, -0.2) is 6.03 Å². The summed E-state index contributed by atoms with van der Waals surface area (Å²) in [6.07, 6.45) is 2.98. The predicted molar refractivity (Wildman–Crippen MR) is 106 cm³/mol. The van der Waals surface area contributed by atoms with Gasteiger partial charge in [-0.1, -0.05) is 64.1 Å². The van der Waals surface area contributed by atoms with Gasteiger partial charge in [0.05, 0.1) is 6.04 Å². The van der Waals surface area contributed by atoms with Gasteiger partial charge < -0.3 is 10.6 Å². The number of aryl methyl sites for hydroxylation is 1. The number of benzene rings is 2. The van der Waals surface area contributed by atoms with Gasteiger partial charge in [0.15, 0.2) is 0 Å². The third-order valence-corrected chi connectivity index (χ3v) is 4.85. The van der Waals surface area contributed by atoms with Crippen LogP contribution in [0, 0.1) is 0 Å². The summed E-state index contributed by atoms with van der Waals surface area (Å²) < 4.78 is 0. The minimum absolute atomic E-state index is 0.0147. The van der Waals surface area contributed by atoms with E-state index in [9.17, 15) is 4.79 Å². The minimum Gasteiger partial charge on any atom is -0.331 e. The molecule has 2 atom stereocenters. The molecule has 2 aromatic carbocycles. The van der Waals surface area contributed by atoms with Crippen LogP contribution in [0.5, 0.6) is 0 Å². The zero-order valence-electron chi connectivity index (χ0n) is 15.8. The van der Waals surface area contributed by atoms with Crippen molar-refractivity contribution in [3.8, 4) is 0 Å². The molecule has 0 aromatic heterocycles. The standard InChI is InChI=1S/C22H30N2O/c1-5-16(4)18-10-12-19(13-11-18)21(7-3)24-22(25)23-20-14-8-17(6-2)9-15-20/h8-16,21H,5-7H2,1-4H3,(H2,23,24,25)/t16-,21-/m1/s1. The van der Waals surface area contributed by atoms with E-state index >= 15 is 0 Å². The van der Waals surface area contributed by atoms with Crippen LogP contribution in [0.25, 0.3) is 0 Å². The van der Waals surface area contributed by atoms with Crippen molar-refractivity contribution in [1.29, 1.82) is 0 Å². The van der Waals surface area contributed by atoms with Crippen LogP contribution in [0.15, 0.2) is 48.5 Å². The van der Waals surface area contributed by atoms with Crippen molar-refractivity contribution in [2.45, 2.75) is 58.9 Å². The third kappa shape index (κ3) is 5.35. The molecule has 3 heteroatoms. The molecule has 0 fully saturated rings. The molecule has 0 radical (unpaired) electrons. The molecule has 2 rings (SSSR count). The number of urea groups is 1. The van der Waals surface area contributed by atoms with Crippen LogP contribution in [-0.2, 0) is 6.42 Å². The third-order valence-electron chi connectivity index (χ3n) is 4.85. The highest BCUT2D eigenvalue weighted by atomic mass is 16.2. The van der Waals surface area contributed by atoms with E-state index in [1.165, 1.54) is 11.1 Å². The molecule has 0 unspecified atom stereocenters. The number of hydrogen-bond donors (Lipinski definition) is 2. The molecule has 3 nitrogen and oxygen atoms in total. The largest absolute Gasteiger partial charge is 0.331 e. The van der Waals surface area contributed by atoms with Crippen LogP contribution in [0.2, 0.25) is 0 Å². The molecule has 25 heavy (non-hydrogen) atoms. The molecule has 2 aromatic rings. The number of carbonyl (C=O) groups excluding carboxylic acids is 1. The highest BCUT2D eigenvalue weighted by molar-refractivity contribution is 5.89. The van der Waals surface area contributed by atoms with Crippen LogP contribution in [0.3, 0.4) is 0 Å². The van der Waals surface area contributed by atoms with Gasteiger partial charge in [-0.2, -0.15) is 0 Å². The van der Waals surface area contributed by atoms with E-state index in [1.54, 1.807) is 0 Å². The van der Waals surface area contributed by atoms with E-state index in [4.69, 9.17) is 0 Å².